The van der Waals surface area contributed by atoms with E-state index in [1.165, 1.54) is 13.2 Å². The summed E-state index contributed by atoms with van der Waals surface area (Å²) in [5, 5.41) is 9.62. The zero-order chi connectivity index (χ0) is 18.5. The average molecular weight is 366 g/mol. The number of nitrogens with two attached hydrogens (primary N) is 1. The van der Waals surface area contributed by atoms with Crippen molar-refractivity contribution in [1.82, 2.24) is 9.55 Å². The maximum Gasteiger partial charge on any atom is 0.351 e. The van der Waals surface area contributed by atoms with Gasteiger partial charge in [0.2, 0.25) is 6.30 Å². The zero-order valence-corrected chi connectivity index (χ0v) is 14.4. The topological polar surface area (TPSA) is 117 Å². The highest BCUT2D eigenvalue weighted by Crippen LogP contribution is 2.30. The SMILES string of the molecule is CO[C@@](CO)(CCl)[C@@H](OC(=O)C(C)C)[C@@H](F)n1ccc(N)nc1=O. The number of anilines is 1. The Hall–Kier alpha value is -1.71. The predicted octanol–water partition coefficient (Wildman–Crippen LogP) is 0.478. The van der Waals surface area contributed by atoms with Crippen LogP contribution in [0.15, 0.2) is 17.1 Å². The van der Waals surface area contributed by atoms with Crippen molar-refractivity contribution in [2.75, 3.05) is 25.3 Å². The van der Waals surface area contributed by atoms with Crippen LogP contribution in [0.4, 0.5) is 10.2 Å². The molecule has 0 saturated heterocycles. The molecule has 24 heavy (non-hydrogen) atoms. The van der Waals surface area contributed by atoms with Gasteiger partial charge in [-0.15, -0.1) is 11.6 Å². The first kappa shape index (κ1) is 20.3. The summed E-state index contributed by atoms with van der Waals surface area (Å²) in [6.07, 6.45) is -2.81. The standard InChI is InChI=1S/C14H21ClFN3O5/c1-8(2)12(21)24-10(14(6-15,7-20)23-3)11(16)19-5-4-9(17)18-13(19)22/h4-5,8,10-11,20H,6-7H2,1-3H3,(H2,17,18,22)/t10-,11-,14+/m0/s1. The first-order valence-corrected chi connectivity index (χ1v) is 7.67. The number of halogens is 2. The van der Waals surface area contributed by atoms with E-state index in [2.05, 4.69) is 4.98 Å². The van der Waals surface area contributed by atoms with Crippen LogP contribution in [0.1, 0.15) is 20.1 Å². The fraction of sp³-hybridized carbons (Fsp3) is 0.643. The number of hydrogen-bond acceptors (Lipinski definition) is 7. The Morgan fingerprint density at radius 1 is 1.58 bits per heavy atom. The Kier molecular flexibility index (Phi) is 7.12. The average Bonchev–Trinajstić information content (AvgIpc) is 2.55. The molecular weight excluding hydrogens is 345 g/mol. The fourth-order valence-corrected chi connectivity index (χ4v) is 2.22. The van der Waals surface area contributed by atoms with E-state index in [0.29, 0.717) is 4.57 Å². The number of aromatic nitrogens is 2. The van der Waals surface area contributed by atoms with Crippen molar-refractivity contribution in [3.63, 3.8) is 0 Å². The van der Waals surface area contributed by atoms with Crippen LogP contribution < -0.4 is 11.4 Å². The van der Waals surface area contributed by atoms with Crippen LogP contribution in [0.5, 0.6) is 0 Å². The van der Waals surface area contributed by atoms with Crippen LogP contribution in [0.25, 0.3) is 0 Å². The smallest absolute Gasteiger partial charge is 0.351 e. The number of nitrogens with zero attached hydrogens (tertiary/aromatic N) is 2. The summed E-state index contributed by atoms with van der Waals surface area (Å²) in [4.78, 5) is 27.2. The van der Waals surface area contributed by atoms with Gasteiger partial charge in [-0.05, 0) is 6.07 Å². The molecule has 1 rings (SSSR count). The molecule has 0 saturated carbocycles. The van der Waals surface area contributed by atoms with E-state index in [0.717, 1.165) is 6.20 Å². The molecule has 0 aliphatic carbocycles. The number of rotatable bonds is 8. The molecule has 136 valence electrons. The molecule has 0 aliphatic heterocycles. The lowest BCUT2D eigenvalue weighted by Crippen LogP contribution is -2.55. The third-order valence-corrected chi connectivity index (χ3v) is 3.95. The molecule has 0 amide bonds. The zero-order valence-electron chi connectivity index (χ0n) is 13.6. The van der Waals surface area contributed by atoms with E-state index in [9.17, 15) is 14.7 Å². The first-order valence-electron chi connectivity index (χ1n) is 7.13. The number of methoxy groups -OCH3 is 1. The van der Waals surface area contributed by atoms with Crippen molar-refractivity contribution < 1.29 is 23.8 Å². The molecule has 0 aromatic carbocycles. The van der Waals surface area contributed by atoms with E-state index in [1.807, 2.05) is 0 Å². The molecule has 0 radical (unpaired) electrons. The Morgan fingerprint density at radius 2 is 2.21 bits per heavy atom. The number of alkyl halides is 2. The summed E-state index contributed by atoms with van der Waals surface area (Å²) in [7, 11) is 1.19. The van der Waals surface area contributed by atoms with Crippen molar-refractivity contribution in [2.45, 2.75) is 31.8 Å². The Balaban J connectivity index is 3.34. The summed E-state index contributed by atoms with van der Waals surface area (Å²) < 4.78 is 25.9. The minimum Gasteiger partial charge on any atom is -0.454 e. The van der Waals surface area contributed by atoms with Gasteiger partial charge < -0.3 is 20.3 Å². The molecule has 0 spiro atoms. The molecular formula is C14H21ClFN3O5. The third kappa shape index (κ3) is 4.22. The van der Waals surface area contributed by atoms with Crippen LogP contribution in [0.3, 0.4) is 0 Å². The largest absolute Gasteiger partial charge is 0.454 e. The van der Waals surface area contributed by atoms with Gasteiger partial charge in [-0.1, -0.05) is 13.8 Å². The quantitative estimate of drug-likeness (QED) is 0.508. The molecule has 0 aliphatic rings. The maximum atomic E-state index is 15.0. The van der Waals surface area contributed by atoms with Crippen LogP contribution in [-0.2, 0) is 14.3 Å². The highest BCUT2D eigenvalue weighted by atomic mass is 35.5. The Bertz CT molecular complexity index is 612. The second-order valence-corrected chi connectivity index (χ2v) is 5.75. The van der Waals surface area contributed by atoms with Gasteiger partial charge in [-0.3, -0.25) is 9.36 Å². The summed E-state index contributed by atoms with van der Waals surface area (Å²) >= 11 is 5.81. The second kappa shape index (κ2) is 8.41. The van der Waals surface area contributed by atoms with Gasteiger partial charge in [0.05, 0.1) is 18.4 Å². The van der Waals surface area contributed by atoms with Crippen LogP contribution in [0.2, 0.25) is 0 Å². The van der Waals surface area contributed by atoms with Crippen molar-refractivity contribution >= 4 is 23.4 Å². The van der Waals surface area contributed by atoms with Gasteiger partial charge in [0.25, 0.3) is 0 Å². The van der Waals surface area contributed by atoms with E-state index in [-0.39, 0.29) is 11.7 Å². The number of ether oxygens (including phenoxy) is 2. The number of aliphatic hydroxyl groups excluding tert-OH is 1. The minimum absolute atomic E-state index is 0.0864. The van der Waals surface area contributed by atoms with Gasteiger partial charge in [-0.25, -0.2) is 9.18 Å². The molecule has 1 aromatic rings. The maximum absolute atomic E-state index is 15.0. The van der Waals surface area contributed by atoms with Crippen molar-refractivity contribution in [1.29, 1.82) is 0 Å². The van der Waals surface area contributed by atoms with Crippen molar-refractivity contribution in [2.24, 2.45) is 5.92 Å². The van der Waals surface area contributed by atoms with Gasteiger partial charge in [0.1, 0.15) is 11.4 Å². The van der Waals surface area contributed by atoms with Gasteiger partial charge in [-0.2, -0.15) is 4.98 Å². The number of hydrogen-bond donors (Lipinski definition) is 2. The molecule has 8 nitrogen and oxygen atoms in total. The lowest BCUT2D eigenvalue weighted by Gasteiger charge is -2.37. The Morgan fingerprint density at radius 3 is 2.62 bits per heavy atom. The van der Waals surface area contributed by atoms with Crippen LogP contribution in [0, 0.1) is 5.92 Å². The number of nitrogen functional groups attached to an aromatic ring is 1. The van der Waals surface area contributed by atoms with E-state index in [4.69, 9.17) is 26.8 Å². The van der Waals surface area contributed by atoms with Crippen molar-refractivity contribution in [3.05, 3.63) is 22.7 Å². The van der Waals surface area contributed by atoms with Gasteiger partial charge >= 0.3 is 11.7 Å². The van der Waals surface area contributed by atoms with Gasteiger partial charge in [0.15, 0.2) is 6.10 Å². The minimum atomic E-state index is -2.20. The second-order valence-electron chi connectivity index (χ2n) is 5.49. The monoisotopic (exact) mass is 365 g/mol. The Labute approximate surface area is 143 Å². The predicted molar refractivity (Wildman–Crippen MR) is 85.3 cm³/mol. The van der Waals surface area contributed by atoms with E-state index >= 15 is 4.39 Å². The molecule has 0 fully saturated rings. The highest BCUT2D eigenvalue weighted by Gasteiger charge is 2.47. The number of esters is 1. The number of aliphatic hydroxyl groups is 1. The molecule has 0 unspecified atom stereocenters. The molecule has 1 heterocycles. The third-order valence-electron chi connectivity index (χ3n) is 3.50. The van der Waals surface area contributed by atoms with Gasteiger partial charge in [0, 0.05) is 13.3 Å². The van der Waals surface area contributed by atoms with Crippen LogP contribution >= 0.6 is 11.6 Å². The van der Waals surface area contributed by atoms with E-state index in [1.54, 1.807) is 13.8 Å². The fourth-order valence-electron chi connectivity index (χ4n) is 1.88. The first-order chi connectivity index (χ1) is 11.2. The lowest BCUT2D eigenvalue weighted by molar-refractivity contribution is -0.193. The summed E-state index contributed by atoms with van der Waals surface area (Å²) in [5.41, 5.74) is 2.65. The summed E-state index contributed by atoms with van der Waals surface area (Å²) in [5.74, 6) is -1.77. The number of carbonyl (C=O) groups is 1. The normalized spacial score (nSPS) is 16.5. The molecule has 1 aromatic heterocycles. The lowest BCUT2D eigenvalue weighted by atomic mass is 9.98. The molecule has 3 N–H and O–H groups in total. The van der Waals surface area contributed by atoms with Crippen molar-refractivity contribution in [3.8, 4) is 0 Å². The van der Waals surface area contributed by atoms with Crippen LogP contribution in [-0.4, -0.2) is 51.9 Å². The molecule has 0 bridgehead atoms. The summed E-state index contributed by atoms with van der Waals surface area (Å²) in [6, 6.07) is 1.21. The molecule has 10 heteroatoms. The van der Waals surface area contributed by atoms with E-state index < -0.39 is 42.2 Å². The number of carbonyl (C=O) groups excluding carboxylic acids is 1. The highest BCUT2D eigenvalue weighted by molar-refractivity contribution is 6.18. The molecule has 3 atom stereocenters. The summed E-state index contributed by atoms with van der Waals surface area (Å²) in [6.45, 7) is 2.37.